The molecular formula is C19H29NO3. The van der Waals surface area contributed by atoms with E-state index in [1.165, 1.54) is 5.56 Å². The number of hydrogen-bond donors (Lipinski definition) is 0. The van der Waals surface area contributed by atoms with Crippen LogP contribution in [0.3, 0.4) is 0 Å². The molecule has 0 N–H and O–H groups in total. The molecule has 23 heavy (non-hydrogen) atoms. The summed E-state index contributed by atoms with van der Waals surface area (Å²) in [5.74, 6) is 1.42. The minimum Gasteiger partial charge on any atom is -0.497 e. The quantitative estimate of drug-likeness (QED) is 0.834. The molecule has 1 aliphatic carbocycles. The van der Waals surface area contributed by atoms with Crippen molar-refractivity contribution < 1.29 is 14.2 Å². The number of fused-ring (bicyclic) bond motifs is 1. The first-order valence-corrected chi connectivity index (χ1v) is 8.73. The van der Waals surface area contributed by atoms with Crippen LogP contribution in [0.5, 0.6) is 5.75 Å². The van der Waals surface area contributed by atoms with Gasteiger partial charge in [0, 0.05) is 26.2 Å². The number of nitrogens with zero attached hydrogens (tertiary/aromatic N) is 1. The minimum atomic E-state index is 0.386. The molecular weight excluding hydrogens is 290 g/mol. The summed E-state index contributed by atoms with van der Waals surface area (Å²) < 4.78 is 16.9. The van der Waals surface area contributed by atoms with Crippen molar-refractivity contribution in [1.82, 2.24) is 4.90 Å². The molecule has 0 spiro atoms. The van der Waals surface area contributed by atoms with Crippen LogP contribution in [0.15, 0.2) is 24.3 Å². The van der Waals surface area contributed by atoms with E-state index >= 15 is 0 Å². The van der Waals surface area contributed by atoms with Crippen molar-refractivity contribution in [2.75, 3.05) is 33.9 Å². The molecule has 1 aromatic rings. The summed E-state index contributed by atoms with van der Waals surface area (Å²) in [6.07, 6.45) is 4.11. The topological polar surface area (TPSA) is 30.9 Å². The van der Waals surface area contributed by atoms with Gasteiger partial charge in [0.2, 0.25) is 0 Å². The Morgan fingerprint density at radius 3 is 2.70 bits per heavy atom. The molecule has 4 atom stereocenters. The predicted molar refractivity (Wildman–Crippen MR) is 91.2 cm³/mol. The molecule has 1 aliphatic heterocycles. The lowest BCUT2D eigenvalue weighted by Gasteiger charge is -2.46. The fourth-order valence-electron chi connectivity index (χ4n) is 3.98. The van der Waals surface area contributed by atoms with Crippen LogP contribution in [0.2, 0.25) is 0 Å². The van der Waals surface area contributed by atoms with E-state index in [-0.39, 0.29) is 0 Å². The van der Waals surface area contributed by atoms with Crippen molar-refractivity contribution in [3.05, 3.63) is 29.8 Å². The van der Waals surface area contributed by atoms with Crippen LogP contribution >= 0.6 is 0 Å². The molecule has 1 saturated carbocycles. The maximum atomic E-state index is 6.01. The Labute approximate surface area is 139 Å². The van der Waals surface area contributed by atoms with Gasteiger partial charge in [0.05, 0.1) is 25.9 Å². The summed E-state index contributed by atoms with van der Waals surface area (Å²) in [7, 11) is 3.54. The number of ether oxygens (including phenoxy) is 3. The zero-order valence-corrected chi connectivity index (χ0v) is 14.5. The van der Waals surface area contributed by atoms with Gasteiger partial charge in [-0.25, -0.2) is 0 Å². The Balaban J connectivity index is 1.64. The first kappa shape index (κ1) is 16.7. The summed E-state index contributed by atoms with van der Waals surface area (Å²) in [5.41, 5.74) is 1.37. The SMILES string of the molecule is COc1ccc([C@H](C)CN2CCO[C@@H]3CC[C@@H](OC)C[C@@H]32)cc1. The Hall–Kier alpha value is -1.10. The zero-order chi connectivity index (χ0) is 16.2. The van der Waals surface area contributed by atoms with Crippen molar-refractivity contribution >= 4 is 0 Å². The Morgan fingerprint density at radius 2 is 2.00 bits per heavy atom. The molecule has 1 heterocycles. The van der Waals surface area contributed by atoms with Gasteiger partial charge in [-0.3, -0.25) is 4.90 Å². The van der Waals surface area contributed by atoms with Crippen molar-refractivity contribution in [2.24, 2.45) is 0 Å². The first-order valence-electron chi connectivity index (χ1n) is 8.73. The Kier molecular flexibility index (Phi) is 5.57. The average molecular weight is 319 g/mol. The summed E-state index contributed by atoms with van der Waals surface area (Å²) in [6, 6.07) is 8.97. The molecule has 0 bridgehead atoms. The number of benzene rings is 1. The fourth-order valence-corrected chi connectivity index (χ4v) is 3.98. The van der Waals surface area contributed by atoms with Gasteiger partial charge in [0.25, 0.3) is 0 Å². The molecule has 0 amide bonds. The molecule has 1 saturated heterocycles. The third-order valence-corrected chi connectivity index (χ3v) is 5.41. The number of hydrogen-bond acceptors (Lipinski definition) is 4. The van der Waals surface area contributed by atoms with E-state index in [0.29, 0.717) is 24.2 Å². The third-order valence-electron chi connectivity index (χ3n) is 5.41. The lowest BCUT2D eigenvalue weighted by molar-refractivity contribution is -0.114. The second-order valence-corrected chi connectivity index (χ2v) is 6.82. The van der Waals surface area contributed by atoms with E-state index in [2.05, 4.69) is 36.1 Å². The van der Waals surface area contributed by atoms with Crippen LogP contribution < -0.4 is 4.74 Å². The van der Waals surface area contributed by atoms with Crippen LogP contribution in [-0.2, 0) is 9.47 Å². The summed E-state index contributed by atoms with van der Waals surface area (Å²) in [5, 5.41) is 0. The standard InChI is InChI=1S/C19H29NO3/c1-14(15-4-6-16(21-2)7-5-15)13-20-10-11-23-19-9-8-17(22-3)12-18(19)20/h4-7,14,17-19H,8-13H2,1-3H3/t14-,17-,18+,19-/m1/s1. The van der Waals surface area contributed by atoms with Gasteiger partial charge in [-0.1, -0.05) is 19.1 Å². The van der Waals surface area contributed by atoms with E-state index in [4.69, 9.17) is 14.2 Å². The van der Waals surface area contributed by atoms with Crippen molar-refractivity contribution in [3.63, 3.8) is 0 Å². The summed E-state index contributed by atoms with van der Waals surface area (Å²) in [4.78, 5) is 2.62. The van der Waals surface area contributed by atoms with Gasteiger partial charge in [-0.05, 0) is 42.9 Å². The molecule has 2 fully saturated rings. The van der Waals surface area contributed by atoms with E-state index in [0.717, 1.165) is 44.7 Å². The Bertz CT molecular complexity index is 490. The number of morpholine rings is 1. The van der Waals surface area contributed by atoms with Crippen LogP contribution in [0.25, 0.3) is 0 Å². The molecule has 1 aromatic carbocycles. The van der Waals surface area contributed by atoms with Crippen molar-refractivity contribution in [3.8, 4) is 5.75 Å². The van der Waals surface area contributed by atoms with Gasteiger partial charge in [-0.15, -0.1) is 0 Å². The van der Waals surface area contributed by atoms with E-state index in [9.17, 15) is 0 Å². The Morgan fingerprint density at radius 1 is 1.22 bits per heavy atom. The highest BCUT2D eigenvalue weighted by molar-refractivity contribution is 5.29. The van der Waals surface area contributed by atoms with E-state index < -0.39 is 0 Å². The third kappa shape index (κ3) is 3.87. The van der Waals surface area contributed by atoms with Crippen LogP contribution in [0.4, 0.5) is 0 Å². The fraction of sp³-hybridized carbons (Fsp3) is 0.684. The predicted octanol–water partition coefficient (Wildman–Crippen LogP) is 3.07. The van der Waals surface area contributed by atoms with Crippen LogP contribution in [-0.4, -0.2) is 57.1 Å². The lowest BCUT2D eigenvalue weighted by atomic mass is 9.87. The molecule has 128 valence electrons. The van der Waals surface area contributed by atoms with Gasteiger partial charge in [0.1, 0.15) is 5.75 Å². The first-order chi connectivity index (χ1) is 11.2. The van der Waals surface area contributed by atoms with E-state index in [1.807, 2.05) is 7.11 Å². The normalized spacial score (nSPS) is 29.8. The maximum absolute atomic E-state index is 6.01. The molecule has 0 aromatic heterocycles. The van der Waals surface area contributed by atoms with Gasteiger partial charge in [-0.2, -0.15) is 0 Å². The zero-order valence-electron chi connectivity index (χ0n) is 14.5. The van der Waals surface area contributed by atoms with Gasteiger partial charge in [0.15, 0.2) is 0 Å². The molecule has 3 rings (SSSR count). The largest absolute Gasteiger partial charge is 0.497 e. The molecule has 2 aliphatic rings. The van der Waals surface area contributed by atoms with Gasteiger partial charge >= 0.3 is 0 Å². The second-order valence-electron chi connectivity index (χ2n) is 6.82. The highest BCUT2D eigenvalue weighted by Crippen LogP contribution is 2.31. The minimum absolute atomic E-state index is 0.386. The second kappa shape index (κ2) is 7.65. The monoisotopic (exact) mass is 319 g/mol. The average Bonchev–Trinajstić information content (AvgIpc) is 2.61. The molecule has 0 unspecified atom stereocenters. The highest BCUT2D eigenvalue weighted by atomic mass is 16.5. The summed E-state index contributed by atoms with van der Waals surface area (Å²) >= 11 is 0. The molecule has 4 nitrogen and oxygen atoms in total. The van der Waals surface area contributed by atoms with Gasteiger partial charge < -0.3 is 14.2 Å². The molecule has 0 radical (unpaired) electrons. The maximum Gasteiger partial charge on any atom is 0.118 e. The van der Waals surface area contributed by atoms with E-state index in [1.54, 1.807) is 7.11 Å². The van der Waals surface area contributed by atoms with Crippen LogP contribution in [0.1, 0.15) is 37.7 Å². The van der Waals surface area contributed by atoms with Crippen LogP contribution in [0, 0.1) is 0 Å². The summed E-state index contributed by atoms with van der Waals surface area (Å²) in [6.45, 7) is 5.27. The molecule has 4 heteroatoms. The van der Waals surface area contributed by atoms with Crippen molar-refractivity contribution in [2.45, 2.75) is 50.4 Å². The highest BCUT2D eigenvalue weighted by Gasteiger charge is 2.38. The smallest absolute Gasteiger partial charge is 0.118 e. The number of methoxy groups -OCH3 is 2. The number of rotatable bonds is 5. The van der Waals surface area contributed by atoms with Crippen molar-refractivity contribution in [1.29, 1.82) is 0 Å². The lowest BCUT2D eigenvalue weighted by Crippen LogP contribution is -2.55.